The molecule has 1 aromatic carbocycles. The van der Waals surface area contributed by atoms with Gasteiger partial charge in [-0.05, 0) is 38.8 Å². The summed E-state index contributed by atoms with van der Waals surface area (Å²) in [6, 6.07) is 4.53. The number of amides is 1. The fraction of sp³-hybridized carbons (Fsp3) is 0.375. The number of hydrogen-bond donors (Lipinski definition) is 2. The predicted molar refractivity (Wildman–Crippen MR) is 77.5 cm³/mol. The molecular weight excluding hydrogens is 254 g/mol. The lowest BCUT2D eigenvalue weighted by Gasteiger charge is -2.14. The van der Waals surface area contributed by atoms with Gasteiger partial charge in [0.15, 0.2) is 0 Å². The van der Waals surface area contributed by atoms with E-state index in [2.05, 4.69) is 11.2 Å². The molecule has 1 rings (SSSR count). The third-order valence-corrected chi connectivity index (χ3v) is 2.90. The lowest BCUT2D eigenvalue weighted by Crippen LogP contribution is -2.40. The summed E-state index contributed by atoms with van der Waals surface area (Å²) in [5, 5.41) is 11.7. The van der Waals surface area contributed by atoms with Crippen LogP contribution < -0.4 is 5.32 Å². The Morgan fingerprint density at radius 3 is 2.40 bits per heavy atom. The van der Waals surface area contributed by atoms with Gasteiger partial charge in [-0.3, -0.25) is 4.79 Å². The van der Waals surface area contributed by atoms with Crippen LogP contribution in [0.15, 0.2) is 18.2 Å². The maximum atomic E-state index is 12.1. The van der Waals surface area contributed by atoms with Crippen molar-refractivity contribution in [3.63, 3.8) is 0 Å². The van der Waals surface area contributed by atoms with Crippen LogP contribution in [0.1, 0.15) is 40.7 Å². The number of hydrogen-bond acceptors (Lipinski definition) is 2. The van der Waals surface area contributed by atoms with Gasteiger partial charge in [-0.1, -0.05) is 17.2 Å². The summed E-state index contributed by atoms with van der Waals surface area (Å²) < 4.78 is 0. The molecule has 1 atom stereocenters. The first-order valence-electron chi connectivity index (χ1n) is 6.49. The van der Waals surface area contributed by atoms with Crippen LogP contribution in [0.25, 0.3) is 0 Å². The number of aliphatic carboxylic acids is 1. The Morgan fingerprint density at radius 1 is 1.30 bits per heavy atom. The van der Waals surface area contributed by atoms with Crippen molar-refractivity contribution in [3.8, 4) is 12.3 Å². The Morgan fingerprint density at radius 2 is 1.90 bits per heavy atom. The number of benzene rings is 1. The van der Waals surface area contributed by atoms with E-state index >= 15 is 0 Å². The summed E-state index contributed by atoms with van der Waals surface area (Å²) in [5.74, 6) is 1.04. The van der Waals surface area contributed by atoms with Crippen LogP contribution in [0.2, 0.25) is 0 Å². The zero-order chi connectivity index (χ0) is 15.1. The van der Waals surface area contributed by atoms with Gasteiger partial charge in [-0.25, -0.2) is 4.79 Å². The Balaban J connectivity index is 2.75. The molecule has 0 bridgehead atoms. The average molecular weight is 273 g/mol. The molecule has 0 unspecified atom stereocenters. The van der Waals surface area contributed by atoms with E-state index in [1.165, 1.54) is 0 Å². The zero-order valence-corrected chi connectivity index (χ0v) is 11.8. The van der Waals surface area contributed by atoms with Gasteiger partial charge in [0.05, 0.1) is 0 Å². The third kappa shape index (κ3) is 4.77. The van der Waals surface area contributed by atoms with E-state index < -0.39 is 12.0 Å². The van der Waals surface area contributed by atoms with Crippen LogP contribution >= 0.6 is 0 Å². The fourth-order valence-electron chi connectivity index (χ4n) is 2.01. The second-order valence-corrected chi connectivity index (χ2v) is 4.84. The summed E-state index contributed by atoms with van der Waals surface area (Å²) >= 11 is 0. The largest absolute Gasteiger partial charge is 0.480 e. The number of carboxylic acid groups (broad SMARTS) is 1. The van der Waals surface area contributed by atoms with E-state index in [1.807, 2.05) is 19.9 Å². The first-order valence-corrected chi connectivity index (χ1v) is 6.49. The maximum absolute atomic E-state index is 12.1. The van der Waals surface area contributed by atoms with E-state index in [0.29, 0.717) is 24.8 Å². The standard InChI is InChI=1S/C16H19NO3/c1-4-5-6-7-14(16(19)20)17-15(18)13-9-11(2)8-12(3)10-13/h1,8-10,14H,5-7H2,2-3H3,(H,17,18)(H,19,20)/t14-/m0/s1. The molecule has 0 aliphatic heterocycles. The van der Waals surface area contributed by atoms with E-state index in [-0.39, 0.29) is 5.91 Å². The van der Waals surface area contributed by atoms with Crippen molar-refractivity contribution >= 4 is 11.9 Å². The molecule has 4 nitrogen and oxygen atoms in total. The minimum Gasteiger partial charge on any atom is -0.480 e. The van der Waals surface area contributed by atoms with E-state index in [4.69, 9.17) is 11.5 Å². The number of carboxylic acids is 1. The summed E-state index contributed by atoms with van der Waals surface area (Å²) in [7, 11) is 0. The lowest BCUT2D eigenvalue weighted by atomic mass is 10.1. The molecule has 0 radical (unpaired) electrons. The van der Waals surface area contributed by atoms with Crippen molar-refractivity contribution in [2.45, 2.75) is 39.2 Å². The molecule has 0 aliphatic carbocycles. The molecule has 0 fully saturated rings. The summed E-state index contributed by atoms with van der Waals surface area (Å²) in [6.45, 7) is 3.79. The lowest BCUT2D eigenvalue weighted by molar-refractivity contribution is -0.139. The molecule has 0 saturated carbocycles. The van der Waals surface area contributed by atoms with Gasteiger partial charge in [0.1, 0.15) is 6.04 Å². The number of nitrogens with one attached hydrogen (secondary N) is 1. The number of carbonyl (C=O) groups excluding carboxylic acids is 1. The van der Waals surface area contributed by atoms with Crippen molar-refractivity contribution in [1.82, 2.24) is 5.32 Å². The molecule has 0 spiro atoms. The molecule has 106 valence electrons. The minimum absolute atomic E-state index is 0.329. The summed E-state index contributed by atoms with van der Waals surface area (Å²) in [6.07, 6.45) is 6.53. The van der Waals surface area contributed by atoms with E-state index in [0.717, 1.165) is 11.1 Å². The number of unbranched alkanes of at least 4 members (excludes halogenated alkanes) is 1. The van der Waals surface area contributed by atoms with Gasteiger partial charge in [0, 0.05) is 12.0 Å². The van der Waals surface area contributed by atoms with Gasteiger partial charge in [-0.15, -0.1) is 12.3 Å². The second-order valence-electron chi connectivity index (χ2n) is 4.84. The molecule has 0 saturated heterocycles. The molecule has 2 N–H and O–H groups in total. The van der Waals surface area contributed by atoms with Crippen LogP contribution in [0.3, 0.4) is 0 Å². The Hall–Kier alpha value is -2.28. The van der Waals surface area contributed by atoms with Crippen molar-refractivity contribution in [3.05, 3.63) is 34.9 Å². The van der Waals surface area contributed by atoms with Crippen molar-refractivity contribution in [2.75, 3.05) is 0 Å². The normalized spacial score (nSPS) is 11.4. The van der Waals surface area contributed by atoms with Crippen molar-refractivity contribution in [1.29, 1.82) is 0 Å². The molecule has 0 heterocycles. The molecule has 20 heavy (non-hydrogen) atoms. The van der Waals surface area contributed by atoms with Gasteiger partial charge >= 0.3 is 5.97 Å². The topological polar surface area (TPSA) is 66.4 Å². The highest BCUT2D eigenvalue weighted by Crippen LogP contribution is 2.10. The number of aryl methyl sites for hydroxylation is 2. The average Bonchev–Trinajstić information content (AvgIpc) is 2.36. The summed E-state index contributed by atoms with van der Waals surface area (Å²) in [4.78, 5) is 23.2. The molecule has 0 aromatic heterocycles. The highest BCUT2D eigenvalue weighted by Gasteiger charge is 2.20. The molecule has 0 aliphatic rings. The zero-order valence-electron chi connectivity index (χ0n) is 11.8. The van der Waals surface area contributed by atoms with Gasteiger partial charge in [-0.2, -0.15) is 0 Å². The van der Waals surface area contributed by atoms with Crippen LogP contribution in [0.4, 0.5) is 0 Å². The van der Waals surface area contributed by atoms with Gasteiger partial charge < -0.3 is 10.4 Å². The third-order valence-electron chi connectivity index (χ3n) is 2.90. The SMILES string of the molecule is C#CCCC[C@H](NC(=O)c1cc(C)cc(C)c1)C(=O)O. The van der Waals surface area contributed by atoms with Crippen molar-refractivity contribution < 1.29 is 14.7 Å². The smallest absolute Gasteiger partial charge is 0.326 e. The van der Waals surface area contributed by atoms with Crippen LogP contribution in [0, 0.1) is 26.2 Å². The quantitative estimate of drug-likeness (QED) is 0.617. The highest BCUT2D eigenvalue weighted by molar-refractivity contribution is 5.96. The monoisotopic (exact) mass is 273 g/mol. The predicted octanol–water partition coefficient (Wildman–Crippen LogP) is 2.29. The molecule has 1 aromatic rings. The number of carbonyl (C=O) groups is 2. The van der Waals surface area contributed by atoms with Gasteiger partial charge in [0.25, 0.3) is 5.91 Å². The minimum atomic E-state index is -1.04. The van der Waals surface area contributed by atoms with Crippen LogP contribution in [-0.2, 0) is 4.79 Å². The van der Waals surface area contributed by atoms with Crippen LogP contribution in [0.5, 0.6) is 0 Å². The molecule has 4 heteroatoms. The number of terminal acetylenes is 1. The van der Waals surface area contributed by atoms with Crippen molar-refractivity contribution in [2.24, 2.45) is 0 Å². The second kappa shape index (κ2) is 7.34. The molecular formula is C16H19NO3. The van der Waals surface area contributed by atoms with E-state index in [1.54, 1.807) is 12.1 Å². The first kappa shape index (κ1) is 15.8. The van der Waals surface area contributed by atoms with Gasteiger partial charge in [0.2, 0.25) is 0 Å². The fourth-order valence-corrected chi connectivity index (χ4v) is 2.01. The first-order chi connectivity index (χ1) is 9.43. The molecule has 1 amide bonds. The highest BCUT2D eigenvalue weighted by atomic mass is 16.4. The number of rotatable bonds is 6. The Labute approximate surface area is 119 Å². The summed E-state index contributed by atoms with van der Waals surface area (Å²) in [5.41, 5.74) is 2.41. The van der Waals surface area contributed by atoms with Crippen LogP contribution in [-0.4, -0.2) is 23.0 Å². The maximum Gasteiger partial charge on any atom is 0.326 e. The Bertz CT molecular complexity index is 523. The Kier molecular flexibility index (Phi) is 5.79. The van der Waals surface area contributed by atoms with E-state index in [9.17, 15) is 9.59 Å².